The summed E-state index contributed by atoms with van der Waals surface area (Å²) in [5.41, 5.74) is -1.68. The number of amides is 1. The van der Waals surface area contributed by atoms with Crippen molar-refractivity contribution in [2.75, 3.05) is 26.3 Å². The molecule has 5 heterocycles. The third-order valence-electron chi connectivity index (χ3n) is 6.55. The zero-order chi connectivity index (χ0) is 25.4. The molecule has 1 spiro atoms. The van der Waals surface area contributed by atoms with Crippen molar-refractivity contribution in [3.63, 3.8) is 0 Å². The quantitative estimate of drug-likeness (QED) is 0.479. The Hall–Kier alpha value is -3.38. The van der Waals surface area contributed by atoms with E-state index in [1.807, 2.05) is 0 Å². The number of aliphatic imine (C=N–C) groups is 1. The van der Waals surface area contributed by atoms with Gasteiger partial charge in [-0.1, -0.05) is 11.6 Å². The smallest absolute Gasteiger partial charge is 0.380 e. The number of likely N-dealkylation sites (tertiary alicyclic amines) is 1. The Morgan fingerprint density at radius 3 is 2.61 bits per heavy atom. The molecule has 8 nitrogen and oxygen atoms in total. The number of carbonyl (C=O) groups excluding carboxylic acids is 1. The van der Waals surface area contributed by atoms with E-state index in [1.165, 1.54) is 16.9 Å². The first-order valence-electron chi connectivity index (χ1n) is 11.0. The Bertz CT molecular complexity index is 1440. The van der Waals surface area contributed by atoms with Gasteiger partial charge in [0.05, 0.1) is 40.6 Å². The van der Waals surface area contributed by atoms with Crippen LogP contribution in [0.25, 0.3) is 5.69 Å². The van der Waals surface area contributed by atoms with Crippen molar-refractivity contribution >= 4 is 23.2 Å². The summed E-state index contributed by atoms with van der Waals surface area (Å²) < 4.78 is 62.4. The first-order valence-corrected chi connectivity index (χ1v) is 11.4. The fourth-order valence-electron chi connectivity index (χ4n) is 4.73. The van der Waals surface area contributed by atoms with Crippen LogP contribution in [0.5, 0.6) is 0 Å². The number of halogens is 5. The molecule has 3 aliphatic heterocycles. The van der Waals surface area contributed by atoms with Crippen LogP contribution in [0.4, 0.5) is 17.6 Å². The molecule has 1 aromatic carbocycles. The van der Waals surface area contributed by atoms with Crippen LogP contribution in [0, 0.1) is 11.2 Å². The number of nitrogens with zero attached hydrogens (tertiary/aromatic N) is 6. The van der Waals surface area contributed by atoms with Crippen LogP contribution >= 0.6 is 11.6 Å². The highest BCUT2D eigenvalue weighted by Crippen LogP contribution is 2.42. The number of alkyl halides is 3. The lowest BCUT2D eigenvalue weighted by Gasteiger charge is -2.54. The molecule has 1 atom stereocenters. The molecule has 0 N–H and O–H groups in total. The van der Waals surface area contributed by atoms with Crippen molar-refractivity contribution in [3.05, 3.63) is 69.8 Å². The van der Waals surface area contributed by atoms with Crippen LogP contribution < -0.4 is 0 Å². The predicted octanol–water partition coefficient (Wildman–Crippen LogP) is 3.86. The number of benzene rings is 1. The number of hydrogen-bond donors (Lipinski definition) is 0. The first-order chi connectivity index (χ1) is 17.1. The summed E-state index contributed by atoms with van der Waals surface area (Å²) in [6, 6.07) is 3.65. The highest BCUT2D eigenvalue weighted by Gasteiger charge is 2.51. The predicted molar refractivity (Wildman–Crippen MR) is 119 cm³/mol. The molecule has 0 saturated carbocycles. The third kappa shape index (κ3) is 3.42. The molecular weight excluding hydrogens is 504 g/mol. The molecule has 0 radical (unpaired) electrons. The van der Waals surface area contributed by atoms with Gasteiger partial charge in [-0.05, 0) is 31.2 Å². The zero-order valence-electron chi connectivity index (χ0n) is 18.7. The Kier molecular flexibility index (Phi) is 5.00. The molecule has 2 saturated heterocycles. The lowest BCUT2D eigenvalue weighted by Crippen LogP contribution is -2.67. The minimum Gasteiger partial charge on any atom is -0.380 e. The van der Waals surface area contributed by atoms with Crippen molar-refractivity contribution in [1.82, 2.24) is 24.6 Å². The SMILES string of the molecule is C[C@@H]1N=C(c2ncccc2F)c2c(ccc(C(F)(F)F)c2Cl)-n2nc(C(=O)N3CC4(COC4)C3)nc21. The van der Waals surface area contributed by atoms with Gasteiger partial charge in [0.2, 0.25) is 5.82 Å². The summed E-state index contributed by atoms with van der Waals surface area (Å²) >= 11 is 6.30. The Balaban J connectivity index is 1.50. The summed E-state index contributed by atoms with van der Waals surface area (Å²) in [4.78, 5) is 27.5. The zero-order valence-corrected chi connectivity index (χ0v) is 19.4. The summed E-state index contributed by atoms with van der Waals surface area (Å²) in [5.74, 6) is -1.10. The van der Waals surface area contributed by atoms with Crippen LogP contribution in [0.2, 0.25) is 5.02 Å². The molecular formula is C23H17ClF4N6O2. The fourth-order valence-corrected chi connectivity index (χ4v) is 5.08. The van der Waals surface area contributed by atoms with E-state index in [9.17, 15) is 22.4 Å². The van der Waals surface area contributed by atoms with Crippen molar-refractivity contribution in [2.24, 2.45) is 10.4 Å². The maximum Gasteiger partial charge on any atom is 0.417 e. The molecule has 3 aliphatic rings. The van der Waals surface area contributed by atoms with E-state index in [0.29, 0.717) is 26.3 Å². The molecule has 2 aromatic heterocycles. The second-order valence-electron chi connectivity index (χ2n) is 9.17. The molecule has 0 bridgehead atoms. The lowest BCUT2D eigenvalue weighted by molar-refractivity contribution is -0.176. The van der Waals surface area contributed by atoms with Crippen molar-refractivity contribution in [1.29, 1.82) is 0 Å². The summed E-state index contributed by atoms with van der Waals surface area (Å²) in [5, 5.41) is 3.66. The number of aromatic nitrogens is 4. The van der Waals surface area contributed by atoms with Crippen LogP contribution in [-0.4, -0.2) is 62.6 Å². The number of hydrogen-bond acceptors (Lipinski definition) is 6. The fraction of sp³-hybridized carbons (Fsp3) is 0.348. The molecule has 0 aliphatic carbocycles. The van der Waals surface area contributed by atoms with Gasteiger partial charge < -0.3 is 9.64 Å². The molecule has 1 amide bonds. The van der Waals surface area contributed by atoms with Gasteiger partial charge in [0.25, 0.3) is 5.91 Å². The van der Waals surface area contributed by atoms with E-state index in [0.717, 1.165) is 18.2 Å². The van der Waals surface area contributed by atoms with Crippen LogP contribution in [0.3, 0.4) is 0 Å². The molecule has 3 aromatic rings. The second-order valence-corrected chi connectivity index (χ2v) is 9.54. The highest BCUT2D eigenvalue weighted by atomic mass is 35.5. The van der Waals surface area contributed by atoms with Crippen molar-refractivity contribution < 1.29 is 27.1 Å². The van der Waals surface area contributed by atoms with Gasteiger partial charge >= 0.3 is 6.18 Å². The van der Waals surface area contributed by atoms with E-state index in [2.05, 4.69) is 20.1 Å². The number of rotatable bonds is 2. The van der Waals surface area contributed by atoms with Gasteiger partial charge in [0.1, 0.15) is 11.7 Å². The Labute approximate surface area is 206 Å². The topological polar surface area (TPSA) is 85.5 Å². The van der Waals surface area contributed by atoms with Crippen LogP contribution in [0.1, 0.15) is 46.2 Å². The van der Waals surface area contributed by atoms with Gasteiger partial charge in [-0.15, -0.1) is 5.10 Å². The van der Waals surface area contributed by atoms with Gasteiger partial charge in [-0.2, -0.15) is 13.2 Å². The normalized spacial score (nSPS) is 20.1. The number of fused-ring (bicyclic) bond motifs is 3. The minimum absolute atomic E-state index is 0.0140. The standard InChI is InChI=1S/C23H17ClF4N6O2/c1-11-20-31-19(21(35)33-7-22(8-33)9-36-10-22)32-34(20)14-5-4-12(23(26,27)28)16(24)15(14)18(30-11)17-13(25)3-2-6-29-17/h2-6,11H,7-10H2,1H3/t11-/m0/s1. The Morgan fingerprint density at radius 1 is 1.22 bits per heavy atom. The van der Waals surface area contributed by atoms with E-state index in [1.54, 1.807) is 11.8 Å². The highest BCUT2D eigenvalue weighted by molar-refractivity contribution is 6.37. The summed E-state index contributed by atoms with van der Waals surface area (Å²) in [7, 11) is 0. The third-order valence-corrected chi connectivity index (χ3v) is 6.94. The first kappa shape index (κ1) is 23.0. The minimum atomic E-state index is -4.77. The van der Waals surface area contributed by atoms with Gasteiger partial charge in [-0.25, -0.2) is 14.1 Å². The van der Waals surface area contributed by atoms with Crippen molar-refractivity contribution in [2.45, 2.75) is 19.1 Å². The average Bonchev–Trinajstić information content (AvgIpc) is 3.16. The molecule has 2 fully saturated rings. The average molecular weight is 521 g/mol. The molecule has 186 valence electrons. The largest absolute Gasteiger partial charge is 0.417 e. The maximum absolute atomic E-state index is 14.7. The van der Waals surface area contributed by atoms with E-state index in [4.69, 9.17) is 16.3 Å². The lowest BCUT2D eigenvalue weighted by atomic mass is 9.78. The number of ether oxygens (including phenoxy) is 1. The second kappa shape index (κ2) is 7.81. The van der Waals surface area contributed by atoms with E-state index < -0.39 is 34.5 Å². The van der Waals surface area contributed by atoms with E-state index >= 15 is 0 Å². The number of pyridine rings is 1. The van der Waals surface area contributed by atoms with Crippen LogP contribution in [-0.2, 0) is 10.9 Å². The monoisotopic (exact) mass is 520 g/mol. The Morgan fingerprint density at radius 2 is 1.97 bits per heavy atom. The van der Waals surface area contributed by atoms with E-state index in [-0.39, 0.29) is 39.7 Å². The summed E-state index contributed by atoms with van der Waals surface area (Å²) in [6.07, 6.45) is -3.47. The van der Waals surface area contributed by atoms with Crippen LogP contribution in [0.15, 0.2) is 35.5 Å². The molecule has 0 unspecified atom stereocenters. The molecule has 6 rings (SSSR count). The van der Waals surface area contributed by atoms with Gasteiger partial charge in [0, 0.05) is 24.8 Å². The number of carbonyl (C=O) groups is 1. The van der Waals surface area contributed by atoms with Gasteiger partial charge in [0.15, 0.2) is 11.6 Å². The van der Waals surface area contributed by atoms with Crippen molar-refractivity contribution in [3.8, 4) is 5.69 Å². The molecule has 36 heavy (non-hydrogen) atoms. The summed E-state index contributed by atoms with van der Waals surface area (Å²) in [6.45, 7) is 3.84. The molecule has 13 heteroatoms. The van der Waals surface area contributed by atoms with Gasteiger partial charge in [-0.3, -0.25) is 14.8 Å². The maximum atomic E-state index is 14.7.